The van der Waals surface area contributed by atoms with Crippen molar-refractivity contribution in [2.24, 2.45) is 0 Å². The number of rotatable bonds is 5. The molecular formula is C15H19FO. The van der Waals surface area contributed by atoms with E-state index in [0.717, 1.165) is 12.0 Å². The third-order valence-electron chi connectivity index (χ3n) is 2.25. The lowest BCUT2D eigenvalue weighted by atomic mass is 10.2. The van der Waals surface area contributed by atoms with E-state index in [2.05, 4.69) is 13.0 Å². The molecule has 0 spiro atoms. The number of allylic oxidation sites excluding steroid dienone is 7. The van der Waals surface area contributed by atoms with E-state index in [9.17, 15) is 4.39 Å². The highest BCUT2D eigenvalue weighted by Crippen LogP contribution is 2.10. The van der Waals surface area contributed by atoms with Gasteiger partial charge in [0, 0.05) is 0 Å². The summed E-state index contributed by atoms with van der Waals surface area (Å²) < 4.78 is 18.7. The van der Waals surface area contributed by atoms with Gasteiger partial charge < -0.3 is 4.74 Å². The molecule has 0 bridgehead atoms. The second-order valence-electron chi connectivity index (χ2n) is 3.92. The van der Waals surface area contributed by atoms with E-state index >= 15 is 0 Å². The molecule has 1 aliphatic carbocycles. The molecule has 0 N–H and O–H groups in total. The minimum atomic E-state index is -0.288. The van der Waals surface area contributed by atoms with Gasteiger partial charge >= 0.3 is 0 Å². The molecule has 0 aromatic carbocycles. The molecule has 2 heteroatoms. The molecule has 0 fully saturated rings. The quantitative estimate of drug-likeness (QED) is 0.646. The molecule has 92 valence electrons. The number of hydrogen-bond acceptors (Lipinski definition) is 1. The van der Waals surface area contributed by atoms with Crippen molar-refractivity contribution in [3.63, 3.8) is 0 Å². The Morgan fingerprint density at radius 3 is 3.06 bits per heavy atom. The van der Waals surface area contributed by atoms with Crippen molar-refractivity contribution >= 4 is 0 Å². The summed E-state index contributed by atoms with van der Waals surface area (Å²) in [5.74, 6) is -0.257. The van der Waals surface area contributed by atoms with Crippen LogP contribution in [0.1, 0.15) is 20.3 Å². The van der Waals surface area contributed by atoms with Crippen molar-refractivity contribution < 1.29 is 9.13 Å². The number of halogens is 1. The maximum Gasteiger partial charge on any atom is 0.122 e. The summed E-state index contributed by atoms with van der Waals surface area (Å²) in [5, 5.41) is 0. The van der Waals surface area contributed by atoms with Crippen molar-refractivity contribution in [2.45, 2.75) is 26.4 Å². The Hall–Kier alpha value is -1.41. The van der Waals surface area contributed by atoms with Gasteiger partial charge in [-0.15, -0.1) is 0 Å². The summed E-state index contributed by atoms with van der Waals surface area (Å²) in [6.45, 7) is 4.60. The van der Waals surface area contributed by atoms with Crippen LogP contribution in [0.15, 0.2) is 60.0 Å². The summed E-state index contributed by atoms with van der Waals surface area (Å²) in [4.78, 5) is 0. The van der Waals surface area contributed by atoms with E-state index in [1.807, 2.05) is 25.2 Å². The van der Waals surface area contributed by atoms with Crippen LogP contribution >= 0.6 is 0 Å². The van der Waals surface area contributed by atoms with Gasteiger partial charge in [-0.25, -0.2) is 4.39 Å². The van der Waals surface area contributed by atoms with Gasteiger partial charge in [0.05, 0.1) is 12.7 Å². The topological polar surface area (TPSA) is 9.23 Å². The third kappa shape index (κ3) is 6.03. The van der Waals surface area contributed by atoms with Gasteiger partial charge in [-0.05, 0) is 31.1 Å². The highest BCUT2D eigenvalue weighted by atomic mass is 19.1. The summed E-state index contributed by atoms with van der Waals surface area (Å²) in [7, 11) is 0. The summed E-state index contributed by atoms with van der Waals surface area (Å²) in [6, 6.07) is 0. The molecule has 0 saturated heterocycles. The molecule has 0 saturated carbocycles. The second kappa shape index (κ2) is 7.80. The molecule has 17 heavy (non-hydrogen) atoms. The fourth-order valence-electron chi connectivity index (χ4n) is 1.34. The van der Waals surface area contributed by atoms with Gasteiger partial charge in [-0.1, -0.05) is 43.4 Å². The molecule has 1 atom stereocenters. The van der Waals surface area contributed by atoms with Crippen LogP contribution in [0, 0.1) is 0 Å². The Bertz CT molecular complexity index is 372. The first kappa shape index (κ1) is 13.7. The molecule has 0 amide bonds. The summed E-state index contributed by atoms with van der Waals surface area (Å²) in [5.41, 5.74) is 1.12. The maximum absolute atomic E-state index is 13.1. The molecule has 1 rings (SSSR count). The van der Waals surface area contributed by atoms with Crippen molar-refractivity contribution in [3.8, 4) is 0 Å². The predicted molar refractivity (Wildman–Crippen MR) is 70.4 cm³/mol. The first-order valence-electron chi connectivity index (χ1n) is 5.88. The first-order chi connectivity index (χ1) is 8.22. The molecule has 1 nitrogen and oxygen atoms in total. The van der Waals surface area contributed by atoms with Crippen molar-refractivity contribution in [1.82, 2.24) is 0 Å². The largest absolute Gasteiger partial charge is 0.366 e. The van der Waals surface area contributed by atoms with Gasteiger partial charge in [-0.3, -0.25) is 0 Å². The van der Waals surface area contributed by atoms with Gasteiger partial charge in [-0.2, -0.15) is 0 Å². The molecule has 1 aliphatic rings. The van der Waals surface area contributed by atoms with Crippen LogP contribution < -0.4 is 0 Å². The van der Waals surface area contributed by atoms with E-state index in [1.165, 1.54) is 12.2 Å². The molecule has 0 aromatic heterocycles. The second-order valence-corrected chi connectivity index (χ2v) is 3.92. The van der Waals surface area contributed by atoms with Crippen LogP contribution in [-0.2, 0) is 4.74 Å². The molecule has 0 radical (unpaired) electrons. The van der Waals surface area contributed by atoms with Gasteiger partial charge in [0.1, 0.15) is 5.83 Å². The standard InChI is InChI=1S/C15H19FO/c1-3-4-5-8-13(2)12-17-15-10-7-6-9-14(16)11-15/h4-11,15H,3,12H2,1-2H3/b5-4-,13-8-. The molecular weight excluding hydrogens is 215 g/mol. The zero-order valence-electron chi connectivity index (χ0n) is 10.4. The predicted octanol–water partition coefficient (Wildman–Crippen LogP) is 4.26. The molecule has 0 heterocycles. The Morgan fingerprint density at radius 1 is 1.47 bits per heavy atom. The SMILES string of the molecule is CC/C=C\C=C(\C)COC1C=CC=CC(F)=C1. The Kier molecular flexibility index (Phi) is 6.26. The van der Waals surface area contributed by atoms with Crippen LogP contribution in [0.3, 0.4) is 0 Å². The van der Waals surface area contributed by atoms with E-state index in [4.69, 9.17) is 4.74 Å². The minimum Gasteiger partial charge on any atom is -0.366 e. The first-order valence-corrected chi connectivity index (χ1v) is 5.88. The normalized spacial score (nSPS) is 20.8. The van der Waals surface area contributed by atoms with Gasteiger partial charge in [0.2, 0.25) is 0 Å². The molecule has 0 aliphatic heterocycles. The fourth-order valence-corrected chi connectivity index (χ4v) is 1.34. The minimum absolute atomic E-state index is 0.257. The fraction of sp³-hybridized carbons (Fsp3) is 0.333. The van der Waals surface area contributed by atoms with Crippen LogP contribution in [0.2, 0.25) is 0 Å². The van der Waals surface area contributed by atoms with Crippen LogP contribution in [0.25, 0.3) is 0 Å². The Morgan fingerprint density at radius 2 is 2.29 bits per heavy atom. The summed E-state index contributed by atoms with van der Waals surface area (Å²) >= 11 is 0. The third-order valence-corrected chi connectivity index (χ3v) is 2.25. The van der Waals surface area contributed by atoms with E-state index in [0.29, 0.717) is 6.61 Å². The number of ether oxygens (including phenoxy) is 1. The summed E-state index contributed by atoms with van der Waals surface area (Å²) in [6.07, 6.45) is 15.0. The zero-order chi connectivity index (χ0) is 12.5. The Balaban J connectivity index is 2.43. The highest BCUT2D eigenvalue weighted by Gasteiger charge is 2.04. The van der Waals surface area contributed by atoms with Crippen molar-refractivity contribution in [3.05, 3.63) is 60.0 Å². The average molecular weight is 234 g/mol. The highest BCUT2D eigenvalue weighted by molar-refractivity contribution is 5.25. The van der Waals surface area contributed by atoms with Crippen LogP contribution in [0.5, 0.6) is 0 Å². The molecule has 1 unspecified atom stereocenters. The van der Waals surface area contributed by atoms with Gasteiger partial charge in [0.25, 0.3) is 0 Å². The average Bonchev–Trinajstić information content (AvgIpc) is 2.51. The van der Waals surface area contributed by atoms with E-state index < -0.39 is 0 Å². The lowest BCUT2D eigenvalue weighted by molar-refractivity contribution is 0.135. The number of hydrogen-bond donors (Lipinski definition) is 0. The van der Waals surface area contributed by atoms with Crippen LogP contribution in [-0.4, -0.2) is 12.7 Å². The Labute approximate surface area is 103 Å². The monoisotopic (exact) mass is 234 g/mol. The lowest BCUT2D eigenvalue weighted by Crippen LogP contribution is -2.08. The van der Waals surface area contributed by atoms with Crippen LogP contribution in [0.4, 0.5) is 4.39 Å². The lowest BCUT2D eigenvalue weighted by Gasteiger charge is -2.09. The zero-order valence-corrected chi connectivity index (χ0v) is 10.4. The molecule has 0 aromatic rings. The smallest absolute Gasteiger partial charge is 0.122 e. The van der Waals surface area contributed by atoms with E-state index in [-0.39, 0.29) is 11.9 Å². The van der Waals surface area contributed by atoms with E-state index in [1.54, 1.807) is 12.2 Å². The van der Waals surface area contributed by atoms with Crippen molar-refractivity contribution in [2.75, 3.05) is 6.61 Å². The van der Waals surface area contributed by atoms with Crippen molar-refractivity contribution in [1.29, 1.82) is 0 Å². The maximum atomic E-state index is 13.1. The van der Waals surface area contributed by atoms with Gasteiger partial charge in [0.15, 0.2) is 0 Å².